The Balaban J connectivity index is 1.78. The molecule has 0 spiro atoms. The summed E-state index contributed by atoms with van der Waals surface area (Å²) in [5.41, 5.74) is 1.30. The minimum Gasteiger partial charge on any atom is -0.462 e. The maximum Gasteiger partial charge on any atom is 0.341 e. The maximum absolute atomic E-state index is 12.4. The van der Waals surface area contributed by atoms with E-state index in [-0.39, 0.29) is 11.9 Å². The molecule has 25 heavy (non-hydrogen) atoms. The van der Waals surface area contributed by atoms with Gasteiger partial charge in [0.15, 0.2) is 6.54 Å². The van der Waals surface area contributed by atoms with E-state index in [2.05, 4.69) is 5.32 Å². The van der Waals surface area contributed by atoms with Gasteiger partial charge in [0.05, 0.1) is 19.7 Å². The number of esters is 1. The number of piperidine rings is 1. The van der Waals surface area contributed by atoms with Crippen molar-refractivity contribution in [2.24, 2.45) is 0 Å². The Labute approximate surface area is 155 Å². The molecule has 0 atom stereocenters. The summed E-state index contributed by atoms with van der Waals surface area (Å²) in [4.78, 5) is 27.2. The lowest BCUT2D eigenvalue weighted by atomic mass is 10.1. The number of carbonyl (C=O) groups is 2. The average Bonchev–Trinajstić information content (AvgIpc) is 3.25. The van der Waals surface area contributed by atoms with Gasteiger partial charge < -0.3 is 15.0 Å². The Morgan fingerprint density at radius 1 is 1.24 bits per heavy atom. The van der Waals surface area contributed by atoms with Gasteiger partial charge in [-0.3, -0.25) is 4.79 Å². The van der Waals surface area contributed by atoms with Crippen molar-refractivity contribution in [3.05, 3.63) is 28.5 Å². The van der Waals surface area contributed by atoms with Crippen molar-refractivity contribution in [1.82, 2.24) is 0 Å². The molecular formula is C18H23N2O3S2+. The first-order valence-corrected chi connectivity index (χ1v) is 10.4. The Morgan fingerprint density at radius 2 is 2.04 bits per heavy atom. The van der Waals surface area contributed by atoms with Crippen LogP contribution >= 0.6 is 22.7 Å². The number of rotatable bonds is 6. The molecule has 0 aromatic carbocycles. The van der Waals surface area contributed by atoms with Gasteiger partial charge in [-0.15, -0.1) is 22.7 Å². The highest BCUT2D eigenvalue weighted by Crippen LogP contribution is 2.38. The van der Waals surface area contributed by atoms with E-state index >= 15 is 0 Å². The molecule has 1 amide bonds. The van der Waals surface area contributed by atoms with Crippen LogP contribution in [0.1, 0.15) is 36.5 Å². The molecule has 2 aromatic rings. The number of ether oxygens (including phenoxy) is 1. The number of thiophene rings is 2. The van der Waals surface area contributed by atoms with Gasteiger partial charge in [0, 0.05) is 15.8 Å². The number of amides is 1. The topological polar surface area (TPSA) is 59.8 Å². The third-order valence-corrected chi connectivity index (χ3v) is 6.08. The van der Waals surface area contributed by atoms with Crippen LogP contribution in [0.4, 0.5) is 5.00 Å². The van der Waals surface area contributed by atoms with Gasteiger partial charge in [0.25, 0.3) is 5.91 Å². The highest BCUT2D eigenvalue weighted by atomic mass is 32.1. The zero-order valence-corrected chi connectivity index (χ0v) is 15.9. The summed E-state index contributed by atoms with van der Waals surface area (Å²) < 4.78 is 5.21. The summed E-state index contributed by atoms with van der Waals surface area (Å²) in [6.07, 6.45) is 3.61. The van der Waals surface area contributed by atoms with E-state index in [1.807, 2.05) is 22.9 Å². The SMILES string of the molecule is CCOC(=O)c1c(-c2cccs2)csc1NC(=O)C[NH+]1CCCCC1. The van der Waals surface area contributed by atoms with Crippen molar-refractivity contribution in [3.63, 3.8) is 0 Å². The highest BCUT2D eigenvalue weighted by Gasteiger charge is 2.24. The maximum atomic E-state index is 12.4. The van der Waals surface area contributed by atoms with Crippen molar-refractivity contribution >= 4 is 39.6 Å². The van der Waals surface area contributed by atoms with Gasteiger partial charge in [-0.2, -0.15) is 0 Å². The zero-order chi connectivity index (χ0) is 17.6. The number of anilines is 1. The molecule has 2 N–H and O–H groups in total. The summed E-state index contributed by atoms with van der Waals surface area (Å²) in [5, 5.41) is 7.42. The molecule has 1 fully saturated rings. The second-order valence-electron chi connectivity index (χ2n) is 6.09. The zero-order valence-electron chi connectivity index (χ0n) is 14.3. The number of hydrogen-bond donors (Lipinski definition) is 2. The van der Waals surface area contributed by atoms with Crippen molar-refractivity contribution in [2.75, 3.05) is 31.6 Å². The fourth-order valence-corrected chi connectivity index (χ4v) is 4.88. The molecule has 0 radical (unpaired) electrons. The van der Waals surface area contributed by atoms with Crippen molar-refractivity contribution in [1.29, 1.82) is 0 Å². The average molecular weight is 380 g/mol. The summed E-state index contributed by atoms with van der Waals surface area (Å²) in [7, 11) is 0. The predicted molar refractivity (Wildman–Crippen MR) is 102 cm³/mol. The fourth-order valence-electron chi connectivity index (χ4n) is 3.10. The van der Waals surface area contributed by atoms with E-state index < -0.39 is 0 Å². The standard InChI is InChI=1S/C18H22N2O3S2/c1-2-23-18(22)16-13(14-7-6-10-24-14)12-25-17(16)19-15(21)11-20-8-4-3-5-9-20/h6-7,10,12H,2-5,8-9,11H2,1H3,(H,19,21)/p+1. The largest absolute Gasteiger partial charge is 0.462 e. The van der Waals surface area contributed by atoms with Crippen molar-refractivity contribution < 1.29 is 19.2 Å². The lowest BCUT2D eigenvalue weighted by Crippen LogP contribution is -3.13. The molecule has 5 nitrogen and oxygen atoms in total. The number of carbonyl (C=O) groups excluding carboxylic acids is 2. The Kier molecular flexibility index (Phi) is 6.23. The molecule has 1 aliphatic heterocycles. The van der Waals surface area contributed by atoms with E-state index in [0.29, 0.717) is 23.7 Å². The first-order chi connectivity index (χ1) is 12.2. The van der Waals surface area contributed by atoms with Crippen LogP contribution in [0.2, 0.25) is 0 Å². The fraction of sp³-hybridized carbons (Fsp3) is 0.444. The molecule has 0 saturated carbocycles. The summed E-state index contributed by atoms with van der Waals surface area (Å²) in [6, 6.07) is 3.92. The summed E-state index contributed by atoms with van der Waals surface area (Å²) >= 11 is 2.95. The number of quaternary nitrogens is 1. The first-order valence-electron chi connectivity index (χ1n) is 8.65. The van der Waals surface area contributed by atoms with Crippen LogP contribution in [-0.2, 0) is 9.53 Å². The normalized spacial score (nSPS) is 15.1. The quantitative estimate of drug-likeness (QED) is 0.759. The molecule has 0 unspecified atom stereocenters. The number of hydrogen-bond acceptors (Lipinski definition) is 5. The molecule has 0 aliphatic carbocycles. The molecule has 3 heterocycles. The van der Waals surface area contributed by atoms with E-state index in [9.17, 15) is 9.59 Å². The molecule has 7 heteroatoms. The monoisotopic (exact) mass is 379 g/mol. The second-order valence-corrected chi connectivity index (χ2v) is 7.91. The van der Waals surface area contributed by atoms with Gasteiger partial charge in [0.2, 0.25) is 0 Å². The molecule has 134 valence electrons. The van der Waals surface area contributed by atoms with Crippen LogP contribution in [-0.4, -0.2) is 38.1 Å². The van der Waals surface area contributed by atoms with Crippen LogP contribution < -0.4 is 10.2 Å². The molecule has 0 bridgehead atoms. The smallest absolute Gasteiger partial charge is 0.341 e. The Hall–Kier alpha value is -1.70. The first kappa shape index (κ1) is 18.1. The lowest BCUT2D eigenvalue weighted by Gasteiger charge is -2.22. The molecule has 2 aromatic heterocycles. The minimum atomic E-state index is -0.382. The molecule has 1 aliphatic rings. The van der Waals surface area contributed by atoms with E-state index in [4.69, 9.17) is 4.74 Å². The van der Waals surface area contributed by atoms with Crippen LogP contribution in [0.5, 0.6) is 0 Å². The number of nitrogens with one attached hydrogen (secondary N) is 2. The molecular weight excluding hydrogens is 356 g/mol. The van der Waals surface area contributed by atoms with E-state index in [1.54, 1.807) is 18.3 Å². The van der Waals surface area contributed by atoms with Gasteiger partial charge in [-0.1, -0.05) is 6.07 Å². The minimum absolute atomic E-state index is 0.0398. The van der Waals surface area contributed by atoms with Gasteiger partial charge in [-0.05, 0) is 37.6 Å². The predicted octanol–water partition coefficient (Wildman–Crippen LogP) is 2.66. The summed E-state index contributed by atoms with van der Waals surface area (Å²) in [6.45, 7) is 4.64. The van der Waals surface area contributed by atoms with Crippen molar-refractivity contribution in [3.8, 4) is 10.4 Å². The Morgan fingerprint density at radius 3 is 2.72 bits per heavy atom. The van der Waals surface area contributed by atoms with Gasteiger partial charge in [0.1, 0.15) is 10.6 Å². The summed E-state index contributed by atoms with van der Waals surface area (Å²) in [5.74, 6) is -0.421. The second kappa shape index (κ2) is 8.60. The van der Waals surface area contributed by atoms with Crippen LogP contribution in [0, 0.1) is 0 Å². The van der Waals surface area contributed by atoms with Crippen molar-refractivity contribution in [2.45, 2.75) is 26.2 Å². The van der Waals surface area contributed by atoms with Gasteiger partial charge >= 0.3 is 5.97 Å². The molecule has 3 rings (SSSR count). The van der Waals surface area contributed by atoms with E-state index in [0.717, 1.165) is 23.5 Å². The van der Waals surface area contributed by atoms with Crippen LogP contribution in [0.3, 0.4) is 0 Å². The van der Waals surface area contributed by atoms with Crippen LogP contribution in [0.15, 0.2) is 22.9 Å². The van der Waals surface area contributed by atoms with Gasteiger partial charge in [-0.25, -0.2) is 4.79 Å². The van der Waals surface area contributed by atoms with E-state index in [1.165, 1.54) is 35.5 Å². The highest BCUT2D eigenvalue weighted by molar-refractivity contribution is 7.17. The molecule has 1 saturated heterocycles. The Bertz CT molecular complexity index is 719. The number of likely N-dealkylation sites (tertiary alicyclic amines) is 1. The van der Waals surface area contributed by atoms with Crippen LogP contribution in [0.25, 0.3) is 10.4 Å². The lowest BCUT2D eigenvalue weighted by molar-refractivity contribution is -0.896. The third kappa shape index (κ3) is 4.48. The third-order valence-electron chi connectivity index (χ3n) is 4.28.